The summed E-state index contributed by atoms with van der Waals surface area (Å²) in [5.74, 6) is 0. The number of rotatable bonds is 2. The van der Waals surface area contributed by atoms with Crippen LogP contribution >= 0.6 is 31.9 Å². The Hall–Kier alpha value is -1.45. The molecule has 6 heteroatoms. The highest BCUT2D eigenvalue weighted by Gasteiger charge is 2.23. The zero-order valence-electron chi connectivity index (χ0n) is 12.5. The van der Waals surface area contributed by atoms with Crippen LogP contribution in [0.4, 0.5) is 0 Å². The zero-order valence-corrected chi connectivity index (χ0v) is 15.7. The number of aromatic nitrogens is 2. The van der Waals surface area contributed by atoms with Gasteiger partial charge >= 0.3 is 0 Å². The highest BCUT2D eigenvalue weighted by molar-refractivity contribution is 9.10. The van der Waals surface area contributed by atoms with E-state index in [4.69, 9.17) is 5.26 Å². The summed E-state index contributed by atoms with van der Waals surface area (Å²) in [4.78, 5) is 17.1. The third kappa shape index (κ3) is 3.31. The topological polar surface area (TPSA) is 58.7 Å². The van der Waals surface area contributed by atoms with E-state index in [0.717, 1.165) is 5.56 Å². The van der Waals surface area contributed by atoms with Crippen LogP contribution in [-0.4, -0.2) is 9.55 Å². The second-order valence-corrected chi connectivity index (χ2v) is 7.46. The van der Waals surface area contributed by atoms with Crippen molar-refractivity contribution in [3.8, 4) is 6.07 Å². The Balaban J connectivity index is 2.57. The molecule has 2 rings (SSSR count). The van der Waals surface area contributed by atoms with Gasteiger partial charge in [-0.1, -0.05) is 39.0 Å². The standard InChI is InChI=1S/C16H15Br2N3O/c1-16(2,3)13-12(17)14(22)21(15(18)20-13)9-11-7-5-4-6-10(11)8-19/h4-7H,9H2,1-3H3. The minimum Gasteiger partial charge on any atom is -0.282 e. The summed E-state index contributed by atoms with van der Waals surface area (Å²) in [5.41, 5.74) is 1.63. The summed E-state index contributed by atoms with van der Waals surface area (Å²) in [5, 5.41) is 9.17. The van der Waals surface area contributed by atoms with E-state index < -0.39 is 0 Å². The molecule has 22 heavy (non-hydrogen) atoms. The van der Waals surface area contributed by atoms with Crippen molar-refractivity contribution in [3.63, 3.8) is 0 Å². The lowest BCUT2D eigenvalue weighted by Crippen LogP contribution is -2.29. The van der Waals surface area contributed by atoms with Gasteiger partial charge in [0, 0.05) is 5.41 Å². The second-order valence-electron chi connectivity index (χ2n) is 5.95. The zero-order chi connectivity index (χ0) is 16.5. The van der Waals surface area contributed by atoms with Crippen LogP contribution in [0.3, 0.4) is 0 Å². The molecule has 114 valence electrons. The SMILES string of the molecule is CC(C)(C)c1nc(Br)n(Cc2ccccc2C#N)c(=O)c1Br. The fraction of sp³-hybridized carbons (Fsp3) is 0.312. The molecule has 0 amide bonds. The van der Waals surface area contributed by atoms with Gasteiger partial charge in [-0.2, -0.15) is 5.26 Å². The summed E-state index contributed by atoms with van der Waals surface area (Å²) < 4.78 is 2.42. The van der Waals surface area contributed by atoms with Crippen LogP contribution in [0.25, 0.3) is 0 Å². The van der Waals surface area contributed by atoms with Gasteiger partial charge in [-0.15, -0.1) is 0 Å². The quantitative estimate of drug-likeness (QED) is 0.685. The van der Waals surface area contributed by atoms with Gasteiger partial charge in [0.1, 0.15) is 4.47 Å². The lowest BCUT2D eigenvalue weighted by atomic mass is 9.92. The molecule has 0 bridgehead atoms. The Kier molecular flexibility index (Phi) is 4.88. The molecule has 1 aromatic carbocycles. The number of halogens is 2. The predicted molar refractivity (Wildman–Crippen MR) is 92.9 cm³/mol. The van der Waals surface area contributed by atoms with E-state index in [-0.39, 0.29) is 11.0 Å². The molecule has 0 aliphatic rings. The van der Waals surface area contributed by atoms with Crippen molar-refractivity contribution in [1.82, 2.24) is 9.55 Å². The van der Waals surface area contributed by atoms with E-state index in [1.54, 1.807) is 12.1 Å². The maximum absolute atomic E-state index is 12.6. The Morgan fingerprint density at radius 1 is 1.27 bits per heavy atom. The van der Waals surface area contributed by atoms with Crippen LogP contribution in [0.1, 0.15) is 37.6 Å². The van der Waals surface area contributed by atoms with Crippen LogP contribution < -0.4 is 5.56 Å². The van der Waals surface area contributed by atoms with Crippen molar-refractivity contribution in [2.24, 2.45) is 0 Å². The fourth-order valence-corrected chi connectivity index (χ4v) is 3.44. The Bertz CT molecular complexity index is 814. The molecule has 0 spiro atoms. The van der Waals surface area contributed by atoms with Crippen LogP contribution in [0.15, 0.2) is 38.3 Å². The van der Waals surface area contributed by atoms with Gasteiger partial charge in [-0.25, -0.2) is 4.98 Å². The minimum atomic E-state index is -0.246. The van der Waals surface area contributed by atoms with Crippen molar-refractivity contribution >= 4 is 31.9 Å². The molecule has 0 aliphatic heterocycles. The summed E-state index contributed by atoms with van der Waals surface area (Å²) in [6.45, 7) is 6.29. The first-order chi connectivity index (χ1) is 10.3. The third-order valence-electron chi connectivity index (χ3n) is 3.24. The van der Waals surface area contributed by atoms with Gasteiger partial charge in [0.2, 0.25) is 0 Å². The predicted octanol–water partition coefficient (Wildman–Crippen LogP) is 3.99. The molecule has 0 fully saturated rings. The second kappa shape index (κ2) is 6.35. The van der Waals surface area contributed by atoms with Crippen LogP contribution in [-0.2, 0) is 12.0 Å². The molecule has 1 heterocycles. The Morgan fingerprint density at radius 2 is 1.91 bits per heavy atom. The van der Waals surface area contributed by atoms with Gasteiger partial charge in [-0.05, 0) is 43.5 Å². The number of nitriles is 1. The van der Waals surface area contributed by atoms with Crippen molar-refractivity contribution in [3.05, 3.63) is 60.6 Å². The number of hydrogen-bond acceptors (Lipinski definition) is 3. The summed E-state index contributed by atoms with van der Waals surface area (Å²) in [7, 11) is 0. The van der Waals surface area contributed by atoms with E-state index in [0.29, 0.717) is 27.0 Å². The number of hydrogen-bond donors (Lipinski definition) is 0. The normalized spacial score (nSPS) is 11.3. The molecule has 0 unspecified atom stereocenters. The Labute approximate surface area is 146 Å². The molecule has 1 aromatic heterocycles. The fourth-order valence-electron chi connectivity index (χ4n) is 2.08. The highest BCUT2D eigenvalue weighted by atomic mass is 79.9. The molecule has 2 aromatic rings. The van der Waals surface area contributed by atoms with Gasteiger partial charge in [0.25, 0.3) is 5.56 Å². The van der Waals surface area contributed by atoms with E-state index in [1.807, 2.05) is 32.9 Å². The molecule has 4 nitrogen and oxygen atoms in total. The minimum absolute atomic E-state index is 0.167. The number of benzene rings is 1. The summed E-state index contributed by atoms with van der Waals surface area (Å²) in [6.07, 6.45) is 0. The average molecular weight is 425 g/mol. The maximum atomic E-state index is 12.6. The summed E-state index contributed by atoms with van der Waals surface area (Å²) in [6, 6.07) is 9.37. The van der Waals surface area contributed by atoms with E-state index in [2.05, 4.69) is 42.9 Å². The first-order valence-electron chi connectivity index (χ1n) is 6.70. The largest absolute Gasteiger partial charge is 0.282 e. The molecule has 0 saturated carbocycles. The van der Waals surface area contributed by atoms with Crippen LogP contribution in [0.2, 0.25) is 0 Å². The highest BCUT2D eigenvalue weighted by Crippen LogP contribution is 2.27. The molecular formula is C16H15Br2N3O. The number of nitrogens with zero attached hydrogens (tertiary/aromatic N) is 3. The lowest BCUT2D eigenvalue weighted by Gasteiger charge is -2.21. The van der Waals surface area contributed by atoms with Crippen molar-refractivity contribution in [1.29, 1.82) is 5.26 Å². The van der Waals surface area contributed by atoms with Gasteiger partial charge < -0.3 is 0 Å². The smallest absolute Gasteiger partial charge is 0.269 e. The first-order valence-corrected chi connectivity index (χ1v) is 8.28. The third-order valence-corrected chi connectivity index (χ3v) is 4.56. The van der Waals surface area contributed by atoms with Gasteiger partial charge in [0.05, 0.1) is 23.9 Å². The first kappa shape index (κ1) is 16.9. The van der Waals surface area contributed by atoms with E-state index >= 15 is 0 Å². The van der Waals surface area contributed by atoms with Crippen LogP contribution in [0.5, 0.6) is 0 Å². The molecule has 0 atom stereocenters. The summed E-state index contributed by atoms with van der Waals surface area (Å²) >= 11 is 6.74. The lowest BCUT2D eigenvalue weighted by molar-refractivity contribution is 0.547. The molecular weight excluding hydrogens is 410 g/mol. The van der Waals surface area contributed by atoms with Crippen molar-refractivity contribution < 1.29 is 0 Å². The average Bonchev–Trinajstić information content (AvgIpc) is 2.46. The van der Waals surface area contributed by atoms with E-state index in [9.17, 15) is 4.79 Å². The Morgan fingerprint density at radius 3 is 2.50 bits per heavy atom. The monoisotopic (exact) mass is 423 g/mol. The maximum Gasteiger partial charge on any atom is 0.269 e. The molecule has 0 saturated heterocycles. The van der Waals surface area contributed by atoms with Crippen molar-refractivity contribution in [2.45, 2.75) is 32.7 Å². The molecule has 0 aliphatic carbocycles. The van der Waals surface area contributed by atoms with Gasteiger partial charge in [0.15, 0.2) is 4.73 Å². The molecule has 0 N–H and O–H groups in total. The van der Waals surface area contributed by atoms with Gasteiger partial charge in [-0.3, -0.25) is 9.36 Å². The van der Waals surface area contributed by atoms with Crippen LogP contribution in [0, 0.1) is 11.3 Å². The molecule has 0 radical (unpaired) electrons. The van der Waals surface area contributed by atoms with E-state index in [1.165, 1.54) is 4.57 Å². The van der Waals surface area contributed by atoms with Crippen molar-refractivity contribution in [2.75, 3.05) is 0 Å².